The van der Waals surface area contributed by atoms with Crippen molar-refractivity contribution >= 4 is 5.91 Å². The van der Waals surface area contributed by atoms with E-state index in [4.69, 9.17) is 9.47 Å². The summed E-state index contributed by atoms with van der Waals surface area (Å²) in [6, 6.07) is 6.08. The van der Waals surface area contributed by atoms with Crippen molar-refractivity contribution in [3.05, 3.63) is 23.8 Å². The van der Waals surface area contributed by atoms with Crippen molar-refractivity contribution in [2.24, 2.45) is 0 Å². The molecule has 1 heterocycles. The van der Waals surface area contributed by atoms with E-state index >= 15 is 0 Å². The maximum absolute atomic E-state index is 11.9. The monoisotopic (exact) mass is 335 g/mol. The normalized spacial score (nSPS) is 16.2. The number of nitrogens with one attached hydrogen (secondary N) is 1. The van der Waals surface area contributed by atoms with E-state index in [1.54, 1.807) is 14.2 Å². The number of methoxy groups -OCH3 is 2. The summed E-state index contributed by atoms with van der Waals surface area (Å²) in [7, 11) is 3.36. The molecule has 0 bridgehead atoms. The summed E-state index contributed by atoms with van der Waals surface area (Å²) in [6.07, 6.45) is 0. The molecule has 2 rings (SSSR count). The van der Waals surface area contributed by atoms with Gasteiger partial charge in [0, 0.05) is 44.3 Å². The van der Waals surface area contributed by atoms with Crippen LogP contribution in [0.4, 0.5) is 0 Å². The van der Waals surface area contributed by atoms with Gasteiger partial charge in [-0.3, -0.25) is 14.6 Å². The molecule has 1 saturated heterocycles. The summed E-state index contributed by atoms with van der Waals surface area (Å²) in [6.45, 7) is 8.95. The molecule has 1 N–H and O–H groups in total. The number of carbonyl (C=O) groups excluding carboxylic acids is 1. The lowest BCUT2D eigenvalue weighted by Gasteiger charge is -2.34. The van der Waals surface area contributed by atoms with Crippen molar-refractivity contribution < 1.29 is 14.3 Å². The van der Waals surface area contributed by atoms with Crippen LogP contribution in [0, 0.1) is 0 Å². The fourth-order valence-electron chi connectivity index (χ4n) is 2.92. The van der Waals surface area contributed by atoms with Crippen LogP contribution in [0.15, 0.2) is 18.2 Å². The molecular weight excluding hydrogens is 306 g/mol. The van der Waals surface area contributed by atoms with E-state index in [-0.39, 0.29) is 11.9 Å². The minimum Gasteiger partial charge on any atom is -0.497 e. The fourth-order valence-corrected chi connectivity index (χ4v) is 2.92. The second-order valence-electron chi connectivity index (χ2n) is 6.45. The summed E-state index contributed by atoms with van der Waals surface area (Å²) in [5.41, 5.74) is 1.13. The summed E-state index contributed by atoms with van der Waals surface area (Å²) in [5, 5.41) is 2.94. The van der Waals surface area contributed by atoms with Crippen molar-refractivity contribution in [2.45, 2.75) is 26.4 Å². The number of ether oxygens (including phenoxy) is 2. The summed E-state index contributed by atoms with van der Waals surface area (Å²) in [4.78, 5) is 16.4. The zero-order valence-corrected chi connectivity index (χ0v) is 15.2. The highest BCUT2D eigenvalue weighted by atomic mass is 16.5. The van der Waals surface area contributed by atoms with Crippen LogP contribution in [0.5, 0.6) is 11.5 Å². The first-order valence-electron chi connectivity index (χ1n) is 8.46. The highest BCUT2D eigenvalue weighted by Crippen LogP contribution is 2.25. The van der Waals surface area contributed by atoms with Crippen molar-refractivity contribution in [3.8, 4) is 11.5 Å². The zero-order valence-electron chi connectivity index (χ0n) is 15.2. The third-order valence-electron chi connectivity index (χ3n) is 4.16. The largest absolute Gasteiger partial charge is 0.497 e. The first-order valence-corrected chi connectivity index (χ1v) is 8.46. The number of benzene rings is 1. The summed E-state index contributed by atoms with van der Waals surface area (Å²) >= 11 is 0. The molecule has 6 nitrogen and oxygen atoms in total. The Kier molecular flexibility index (Phi) is 6.87. The van der Waals surface area contributed by atoms with Crippen LogP contribution in [0.25, 0.3) is 0 Å². The van der Waals surface area contributed by atoms with Crippen LogP contribution < -0.4 is 14.8 Å². The molecule has 0 spiro atoms. The standard InChI is InChI=1S/C18H29N3O3/c1-14(2)19-18(22)13-21-9-7-20(8-10-21)12-15-11-16(23-3)5-6-17(15)24-4/h5-6,11,14H,7-10,12-13H2,1-4H3,(H,19,22). The Morgan fingerprint density at radius 3 is 2.38 bits per heavy atom. The molecule has 24 heavy (non-hydrogen) atoms. The summed E-state index contributed by atoms with van der Waals surface area (Å²) in [5.74, 6) is 1.83. The molecule has 134 valence electrons. The lowest BCUT2D eigenvalue weighted by molar-refractivity contribution is -0.123. The van der Waals surface area contributed by atoms with Gasteiger partial charge in [0.25, 0.3) is 0 Å². The second-order valence-corrected chi connectivity index (χ2v) is 6.45. The number of piperazine rings is 1. The SMILES string of the molecule is COc1ccc(OC)c(CN2CCN(CC(=O)NC(C)C)CC2)c1. The Bertz CT molecular complexity index is 540. The Labute approximate surface area is 144 Å². The molecule has 1 aliphatic heterocycles. The predicted octanol–water partition coefficient (Wildman–Crippen LogP) is 1.35. The van der Waals surface area contributed by atoms with E-state index in [9.17, 15) is 4.79 Å². The van der Waals surface area contributed by atoms with E-state index in [0.29, 0.717) is 6.54 Å². The molecule has 1 aromatic carbocycles. The third kappa shape index (κ3) is 5.39. The maximum Gasteiger partial charge on any atom is 0.234 e. The number of nitrogens with zero attached hydrogens (tertiary/aromatic N) is 2. The lowest BCUT2D eigenvalue weighted by Crippen LogP contribution is -2.49. The third-order valence-corrected chi connectivity index (χ3v) is 4.16. The number of carbonyl (C=O) groups is 1. The Balaban J connectivity index is 1.86. The van der Waals surface area contributed by atoms with E-state index in [1.807, 2.05) is 32.0 Å². The number of rotatable bonds is 7. The van der Waals surface area contributed by atoms with Gasteiger partial charge in [-0.25, -0.2) is 0 Å². The van der Waals surface area contributed by atoms with E-state index in [1.165, 1.54) is 0 Å². The maximum atomic E-state index is 11.9. The quantitative estimate of drug-likeness (QED) is 0.815. The van der Waals surface area contributed by atoms with Crippen molar-refractivity contribution in [1.29, 1.82) is 0 Å². The lowest BCUT2D eigenvalue weighted by atomic mass is 10.1. The van der Waals surface area contributed by atoms with Gasteiger partial charge in [-0.1, -0.05) is 0 Å². The molecule has 6 heteroatoms. The van der Waals surface area contributed by atoms with Gasteiger partial charge in [0.15, 0.2) is 0 Å². The number of hydrogen-bond donors (Lipinski definition) is 1. The minimum atomic E-state index is 0.105. The fraction of sp³-hybridized carbons (Fsp3) is 0.611. The first kappa shape index (κ1) is 18.5. The molecule has 0 aliphatic carbocycles. The Morgan fingerprint density at radius 1 is 1.12 bits per heavy atom. The molecule has 0 aromatic heterocycles. The van der Waals surface area contributed by atoms with Crippen molar-refractivity contribution in [1.82, 2.24) is 15.1 Å². The van der Waals surface area contributed by atoms with Gasteiger partial charge in [0.2, 0.25) is 5.91 Å². The van der Waals surface area contributed by atoms with Gasteiger partial charge in [0.1, 0.15) is 11.5 Å². The van der Waals surface area contributed by atoms with Crippen molar-refractivity contribution in [3.63, 3.8) is 0 Å². The molecule has 0 radical (unpaired) electrons. The molecule has 0 saturated carbocycles. The second kappa shape index (κ2) is 8.89. The molecule has 0 unspecified atom stereocenters. The average Bonchev–Trinajstić information content (AvgIpc) is 2.55. The predicted molar refractivity (Wildman–Crippen MR) is 94.5 cm³/mol. The van der Waals surface area contributed by atoms with Crippen LogP contribution in [0.2, 0.25) is 0 Å². The molecule has 0 atom stereocenters. The van der Waals surface area contributed by atoms with E-state index in [2.05, 4.69) is 15.1 Å². The molecular formula is C18H29N3O3. The van der Waals surface area contributed by atoms with Gasteiger partial charge >= 0.3 is 0 Å². The van der Waals surface area contributed by atoms with Crippen LogP contribution >= 0.6 is 0 Å². The molecule has 1 fully saturated rings. The van der Waals surface area contributed by atoms with Gasteiger partial charge in [-0.05, 0) is 32.0 Å². The Morgan fingerprint density at radius 2 is 1.79 bits per heavy atom. The number of amides is 1. The average molecular weight is 335 g/mol. The topological polar surface area (TPSA) is 54.0 Å². The summed E-state index contributed by atoms with van der Waals surface area (Å²) < 4.78 is 10.8. The molecule has 1 aromatic rings. The van der Waals surface area contributed by atoms with Gasteiger partial charge < -0.3 is 14.8 Å². The molecule has 1 amide bonds. The highest BCUT2D eigenvalue weighted by Gasteiger charge is 2.20. The van der Waals surface area contributed by atoms with Crippen LogP contribution in [-0.4, -0.2) is 68.7 Å². The van der Waals surface area contributed by atoms with Gasteiger partial charge in [0.05, 0.1) is 20.8 Å². The van der Waals surface area contributed by atoms with Gasteiger partial charge in [-0.15, -0.1) is 0 Å². The van der Waals surface area contributed by atoms with Crippen LogP contribution in [0.3, 0.4) is 0 Å². The highest BCUT2D eigenvalue weighted by molar-refractivity contribution is 5.78. The first-order chi connectivity index (χ1) is 11.5. The van der Waals surface area contributed by atoms with Crippen LogP contribution in [0.1, 0.15) is 19.4 Å². The zero-order chi connectivity index (χ0) is 17.5. The minimum absolute atomic E-state index is 0.105. The Hall–Kier alpha value is -1.79. The number of hydrogen-bond acceptors (Lipinski definition) is 5. The smallest absolute Gasteiger partial charge is 0.234 e. The van der Waals surface area contributed by atoms with Crippen LogP contribution in [-0.2, 0) is 11.3 Å². The molecule has 1 aliphatic rings. The van der Waals surface area contributed by atoms with Crippen molar-refractivity contribution in [2.75, 3.05) is 46.9 Å². The van der Waals surface area contributed by atoms with Gasteiger partial charge in [-0.2, -0.15) is 0 Å². The van der Waals surface area contributed by atoms with E-state index < -0.39 is 0 Å². The van der Waals surface area contributed by atoms with E-state index in [0.717, 1.165) is 49.8 Å².